The zero-order chi connectivity index (χ0) is 27.5. The molecular weight excluding hydrogens is 506 g/mol. The maximum atomic E-state index is 14.3. The van der Waals surface area contributed by atoms with Crippen LogP contribution in [0.25, 0.3) is 11.8 Å². The van der Waals surface area contributed by atoms with Crippen LogP contribution in [0.1, 0.15) is 43.0 Å². The number of hydrogen-bond acceptors (Lipinski definition) is 2. The third-order valence-electron chi connectivity index (χ3n) is 8.87. The Hall–Kier alpha value is -3.68. The Morgan fingerprint density at radius 2 is 1.87 bits per heavy atom. The second-order valence-corrected chi connectivity index (χ2v) is 11.1. The number of hydrogen-bond donors (Lipinski definition) is 1. The number of amides is 1. The summed E-state index contributed by atoms with van der Waals surface area (Å²) in [7, 11) is 0. The van der Waals surface area contributed by atoms with E-state index < -0.39 is 35.3 Å². The minimum Gasteiger partial charge on any atom is -0.326 e. The van der Waals surface area contributed by atoms with Crippen LogP contribution < -0.4 is 5.32 Å². The van der Waals surface area contributed by atoms with Gasteiger partial charge in [-0.15, -0.1) is 0 Å². The molecule has 202 valence electrons. The van der Waals surface area contributed by atoms with E-state index in [0.717, 1.165) is 33.7 Å². The van der Waals surface area contributed by atoms with Crippen LogP contribution in [0.4, 0.5) is 23.2 Å². The third-order valence-corrected chi connectivity index (χ3v) is 8.87. The summed E-state index contributed by atoms with van der Waals surface area (Å²) in [6.45, 7) is 3.91. The fourth-order valence-corrected chi connectivity index (χ4v) is 6.86. The second-order valence-electron chi connectivity index (χ2n) is 11.1. The molecule has 8 heteroatoms. The van der Waals surface area contributed by atoms with E-state index in [1.165, 1.54) is 12.1 Å². The summed E-state index contributed by atoms with van der Waals surface area (Å²) in [4.78, 5) is 13.6. The van der Waals surface area contributed by atoms with Crippen LogP contribution in [-0.4, -0.2) is 21.9 Å². The van der Waals surface area contributed by atoms with Crippen molar-refractivity contribution in [2.24, 2.45) is 23.2 Å². The number of allylic oxidation sites excluding steroid dienone is 3. The minimum absolute atomic E-state index is 0.217. The summed E-state index contributed by atoms with van der Waals surface area (Å²) in [6, 6.07) is 13.3. The molecule has 1 N–H and O–H groups in total. The molecule has 1 amide bonds. The lowest BCUT2D eigenvalue weighted by Crippen LogP contribution is -2.49. The summed E-state index contributed by atoms with van der Waals surface area (Å²) < 4.78 is 58.1. The van der Waals surface area contributed by atoms with Gasteiger partial charge in [0, 0.05) is 11.1 Å². The van der Waals surface area contributed by atoms with Crippen molar-refractivity contribution in [1.82, 2.24) is 9.78 Å². The molecule has 0 unspecified atom stereocenters. The van der Waals surface area contributed by atoms with Gasteiger partial charge in [-0.05, 0) is 86.1 Å². The van der Waals surface area contributed by atoms with Gasteiger partial charge in [0.1, 0.15) is 5.82 Å². The van der Waals surface area contributed by atoms with Gasteiger partial charge in [-0.25, -0.2) is 9.07 Å². The van der Waals surface area contributed by atoms with Gasteiger partial charge in [0.15, 0.2) is 0 Å². The molecular formula is C31H29F4N3O. The summed E-state index contributed by atoms with van der Waals surface area (Å²) in [5.74, 6) is -4.34. The van der Waals surface area contributed by atoms with Crippen LogP contribution in [-0.2, 0) is 11.2 Å². The highest BCUT2D eigenvalue weighted by molar-refractivity contribution is 5.94. The fourth-order valence-electron chi connectivity index (χ4n) is 6.86. The monoisotopic (exact) mass is 535 g/mol. The number of carbonyl (C=O) groups excluding carboxylic acids is 1. The number of nitrogens with one attached hydrogen (secondary N) is 1. The second kappa shape index (κ2) is 9.21. The lowest BCUT2D eigenvalue weighted by Gasteiger charge is -2.50. The first kappa shape index (κ1) is 25.6. The van der Waals surface area contributed by atoms with Gasteiger partial charge < -0.3 is 5.32 Å². The topological polar surface area (TPSA) is 46.9 Å². The average Bonchev–Trinajstić information content (AvgIpc) is 3.29. The Balaban J connectivity index is 1.36. The number of aryl methyl sites for hydroxylation is 1. The first-order chi connectivity index (χ1) is 18.6. The van der Waals surface area contributed by atoms with Gasteiger partial charge >= 0.3 is 6.18 Å². The Morgan fingerprint density at radius 1 is 1.13 bits per heavy atom. The molecule has 0 bridgehead atoms. The van der Waals surface area contributed by atoms with Crippen LogP contribution in [0.5, 0.6) is 0 Å². The molecule has 1 saturated carbocycles. The molecule has 2 aromatic carbocycles. The number of halogens is 4. The van der Waals surface area contributed by atoms with Crippen molar-refractivity contribution in [2.45, 2.75) is 45.7 Å². The Bertz CT molecular complexity index is 1500. The van der Waals surface area contributed by atoms with Gasteiger partial charge in [0.25, 0.3) is 0 Å². The number of para-hydroxylation sites is 1. The molecule has 39 heavy (non-hydrogen) atoms. The van der Waals surface area contributed by atoms with E-state index in [2.05, 4.69) is 23.4 Å². The summed E-state index contributed by atoms with van der Waals surface area (Å²) in [5.41, 5.74) is 5.53. The van der Waals surface area contributed by atoms with E-state index in [9.17, 15) is 22.4 Å². The molecule has 6 rings (SSSR count). The van der Waals surface area contributed by atoms with Gasteiger partial charge in [-0.2, -0.15) is 18.3 Å². The molecule has 1 aromatic heterocycles. The highest BCUT2D eigenvalue weighted by Crippen LogP contribution is 2.59. The fraction of sp³-hybridized carbons (Fsp3) is 0.355. The zero-order valence-corrected chi connectivity index (χ0v) is 21.7. The molecule has 3 aliphatic rings. The standard InChI is InChI=1S/C31H29F4N3O/c1-18-5-3-4-6-26(18)37-29(39)28-23-12-7-20-15-27-19(17-36-38(27)22-10-8-21(32)9-11-22)16-30(20,2)24(23)13-14-25(28)31(33,34)35/h3-6,8-11,13,15,17,23,25,28H,7,12,14,16H2,1-2H3,(H,37,39)/t23-,25+,28+,30-/m0/s1. The van der Waals surface area contributed by atoms with E-state index in [1.54, 1.807) is 41.2 Å². The van der Waals surface area contributed by atoms with Gasteiger partial charge in [-0.3, -0.25) is 4.79 Å². The summed E-state index contributed by atoms with van der Waals surface area (Å²) in [6.07, 6.45) is 2.56. The molecule has 4 atom stereocenters. The maximum absolute atomic E-state index is 14.3. The molecule has 1 fully saturated rings. The van der Waals surface area contributed by atoms with Crippen molar-refractivity contribution in [3.63, 3.8) is 0 Å². The van der Waals surface area contributed by atoms with Crippen molar-refractivity contribution in [3.05, 3.63) is 94.6 Å². The summed E-state index contributed by atoms with van der Waals surface area (Å²) >= 11 is 0. The number of alkyl halides is 3. The SMILES string of the molecule is Cc1ccccc1NC(=O)[C@H]1[C@H](C(F)(F)F)CC=C2[C@@H]1CCC1=Cc3c(cnn3-c3ccc(F)cc3)C[C@@]12C. The number of fused-ring (bicyclic) bond motifs is 4. The molecule has 0 saturated heterocycles. The molecule has 3 aliphatic carbocycles. The number of aromatic nitrogens is 2. The predicted octanol–water partition coefficient (Wildman–Crippen LogP) is 7.44. The normalized spacial score (nSPS) is 26.1. The Morgan fingerprint density at radius 3 is 2.59 bits per heavy atom. The van der Waals surface area contributed by atoms with Crippen molar-refractivity contribution < 1.29 is 22.4 Å². The Labute approximate surface area is 224 Å². The van der Waals surface area contributed by atoms with E-state index in [0.29, 0.717) is 24.9 Å². The number of carbonyl (C=O) groups is 1. The molecule has 0 radical (unpaired) electrons. The largest absolute Gasteiger partial charge is 0.392 e. The lowest BCUT2D eigenvalue weighted by atomic mass is 9.54. The van der Waals surface area contributed by atoms with E-state index in [-0.39, 0.29) is 12.2 Å². The average molecular weight is 536 g/mol. The number of nitrogens with zero attached hydrogens (tertiary/aromatic N) is 2. The predicted molar refractivity (Wildman–Crippen MR) is 142 cm³/mol. The molecule has 4 nitrogen and oxygen atoms in total. The van der Waals surface area contributed by atoms with Crippen molar-refractivity contribution in [2.75, 3.05) is 5.32 Å². The van der Waals surface area contributed by atoms with Crippen LogP contribution in [0, 0.1) is 35.9 Å². The zero-order valence-electron chi connectivity index (χ0n) is 21.7. The molecule has 0 spiro atoms. The first-order valence-corrected chi connectivity index (χ1v) is 13.2. The minimum atomic E-state index is -4.48. The summed E-state index contributed by atoms with van der Waals surface area (Å²) in [5, 5.41) is 7.37. The first-order valence-electron chi connectivity index (χ1n) is 13.2. The van der Waals surface area contributed by atoms with Gasteiger partial charge in [-0.1, -0.05) is 42.3 Å². The van der Waals surface area contributed by atoms with Crippen LogP contribution in [0.15, 0.2) is 72.0 Å². The lowest BCUT2D eigenvalue weighted by molar-refractivity contribution is -0.196. The van der Waals surface area contributed by atoms with Crippen molar-refractivity contribution in [1.29, 1.82) is 0 Å². The van der Waals surface area contributed by atoms with Crippen LogP contribution in [0.3, 0.4) is 0 Å². The number of benzene rings is 2. The highest BCUT2D eigenvalue weighted by Gasteiger charge is 2.56. The van der Waals surface area contributed by atoms with E-state index >= 15 is 0 Å². The van der Waals surface area contributed by atoms with E-state index in [4.69, 9.17) is 0 Å². The van der Waals surface area contributed by atoms with Crippen molar-refractivity contribution >= 4 is 17.7 Å². The molecule has 3 aromatic rings. The van der Waals surface area contributed by atoms with Crippen LogP contribution >= 0.6 is 0 Å². The molecule has 1 heterocycles. The smallest absolute Gasteiger partial charge is 0.326 e. The van der Waals surface area contributed by atoms with Gasteiger partial charge in [0.05, 0.1) is 29.4 Å². The number of rotatable bonds is 3. The number of anilines is 1. The van der Waals surface area contributed by atoms with Crippen LogP contribution in [0.2, 0.25) is 0 Å². The highest BCUT2D eigenvalue weighted by atomic mass is 19.4. The van der Waals surface area contributed by atoms with E-state index in [1.807, 2.05) is 19.1 Å². The molecule has 0 aliphatic heterocycles. The van der Waals surface area contributed by atoms with Gasteiger partial charge in [0.2, 0.25) is 5.91 Å². The van der Waals surface area contributed by atoms with Crippen molar-refractivity contribution in [3.8, 4) is 5.69 Å². The quantitative estimate of drug-likeness (QED) is 0.280. The third kappa shape index (κ3) is 4.30. The Kier molecular flexibility index (Phi) is 6.04. The maximum Gasteiger partial charge on any atom is 0.392 e.